The minimum absolute atomic E-state index is 0.0453. The number of amides is 1. The van der Waals surface area contributed by atoms with Crippen LogP contribution in [0, 0.1) is 17.0 Å². The van der Waals surface area contributed by atoms with Gasteiger partial charge in [0, 0.05) is 36.0 Å². The van der Waals surface area contributed by atoms with Crippen LogP contribution in [0.4, 0.5) is 17.1 Å². The normalized spacial score (nSPS) is 13.7. The highest BCUT2D eigenvalue weighted by Crippen LogP contribution is 2.32. The zero-order valence-electron chi connectivity index (χ0n) is 18.8. The van der Waals surface area contributed by atoms with E-state index in [-0.39, 0.29) is 11.3 Å². The van der Waals surface area contributed by atoms with Gasteiger partial charge in [-0.1, -0.05) is 6.07 Å². The predicted octanol–water partition coefficient (Wildman–Crippen LogP) is 5.95. The quantitative estimate of drug-likeness (QED) is 0.294. The molecule has 1 aliphatic rings. The van der Waals surface area contributed by atoms with E-state index in [1.165, 1.54) is 6.07 Å². The van der Waals surface area contributed by atoms with Crippen molar-refractivity contribution in [3.63, 3.8) is 0 Å². The van der Waals surface area contributed by atoms with E-state index in [9.17, 15) is 14.9 Å². The van der Waals surface area contributed by atoms with Crippen molar-refractivity contribution in [2.45, 2.75) is 26.2 Å². The van der Waals surface area contributed by atoms with Crippen molar-refractivity contribution in [3.8, 4) is 11.5 Å². The molecule has 1 aliphatic heterocycles. The van der Waals surface area contributed by atoms with Crippen LogP contribution in [0.25, 0.3) is 22.6 Å². The number of rotatable bonds is 5. The lowest BCUT2D eigenvalue weighted by molar-refractivity contribution is -0.384. The number of hydrogen-bond acceptors (Lipinski definition) is 6. The molecule has 0 spiro atoms. The van der Waals surface area contributed by atoms with E-state index in [4.69, 9.17) is 4.42 Å². The second kappa shape index (κ2) is 8.97. The number of nitro benzene ring substituents is 1. The molecule has 2 heterocycles. The van der Waals surface area contributed by atoms with E-state index in [1.54, 1.807) is 24.3 Å². The molecule has 0 bridgehead atoms. The monoisotopic (exact) mass is 456 g/mol. The third-order valence-electron chi connectivity index (χ3n) is 6.06. The average Bonchev–Trinajstić information content (AvgIpc) is 3.28. The van der Waals surface area contributed by atoms with E-state index in [0.29, 0.717) is 17.3 Å². The van der Waals surface area contributed by atoms with Gasteiger partial charge in [0.15, 0.2) is 5.58 Å². The molecule has 0 radical (unpaired) electrons. The molecule has 0 unspecified atom stereocenters. The molecule has 3 aromatic carbocycles. The number of piperidine rings is 1. The van der Waals surface area contributed by atoms with Gasteiger partial charge < -0.3 is 14.6 Å². The third kappa shape index (κ3) is 4.34. The lowest BCUT2D eigenvalue weighted by Crippen LogP contribution is -2.30. The number of oxazole rings is 1. The Hall–Kier alpha value is -4.20. The van der Waals surface area contributed by atoms with Gasteiger partial charge in [0.1, 0.15) is 11.2 Å². The van der Waals surface area contributed by atoms with Gasteiger partial charge >= 0.3 is 0 Å². The van der Waals surface area contributed by atoms with Gasteiger partial charge in [-0.05, 0) is 80.3 Å². The lowest BCUT2D eigenvalue weighted by atomic mass is 10.1. The summed E-state index contributed by atoms with van der Waals surface area (Å²) in [5, 5.41) is 14.5. The smallest absolute Gasteiger partial charge is 0.293 e. The molecule has 1 amide bonds. The number of aryl methyl sites for hydroxylation is 1. The molecule has 1 saturated heterocycles. The van der Waals surface area contributed by atoms with Gasteiger partial charge in [0.2, 0.25) is 5.89 Å². The van der Waals surface area contributed by atoms with Crippen molar-refractivity contribution < 1.29 is 14.1 Å². The Labute approximate surface area is 196 Å². The second-order valence-corrected chi connectivity index (χ2v) is 8.53. The number of fused-ring (bicyclic) bond motifs is 1. The Morgan fingerprint density at radius 3 is 2.53 bits per heavy atom. The standard InChI is InChI=1S/C26H24N4O4/c1-17-5-11-21-24(15-17)34-26(28-21)18-6-9-20(10-7-18)27-25(31)19-8-12-22(23(16-19)30(32)33)29-13-3-2-4-14-29/h5-12,15-16H,2-4,13-14H2,1H3,(H,27,31). The first kappa shape index (κ1) is 21.6. The Morgan fingerprint density at radius 1 is 1.03 bits per heavy atom. The molecule has 172 valence electrons. The Bertz CT molecular complexity index is 1370. The average molecular weight is 457 g/mol. The summed E-state index contributed by atoms with van der Waals surface area (Å²) in [6, 6.07) is 17.7. The molecule has 0 aliphatic carbocycles. The number of hydrogen-bond donors (Lipinski definition) is 1. The number of nitrogens with zero attached hydrogens (tertiary/aromatic N) is 3. The van der Waals surface area contributed by atoms with Gasteiger partial charge in [0.25, 0.3) is 11.6 Å². The number of carbonyl (C=O) groups excluding carboxylic acids is 1. The molecule has 34 heavy (non-hydrogen) atoms. The highest BCUT2D eigenvalue weighted by molar-refractivity contribution is 6.05. The molecular weight excluding hydrogens is 432 g/mol. The molecule has 0 saturated carbocycles. The minimum Gasteiger partial charge on any atom is -0.436 e. The summed E-state index contributed by atoms with van der Waals surface area (Å²) in [5.41, 5.74) is 4.73. The number of anilines is 2. The molecular formula is C26H24N4O4. The molecule has 1 aromatic heterocycles. The fraction of sp³-hybridized carbons (Fsp3) is 0.231. The summed E-state index contributed by atoms with van der Waals surface area (Å²) in [6.07, 6.45) is 3.16. The molecule has 8 heteroatoms. The first-order valence-electron chi connectivity index (χ1n) is 11.3. The molecule has 1 fully saturated rings. The van der Waals surface area contributed by atoms with Crippen LogP contribution in [-0.4, -0.2) is 28.9 Å². The van der Waals surface area contributed by atoms with E-state index >= 15 is 0 Å². The Morgan fingerprint density at radius 2 is 1.79 bits per heavy atom. The van der Waals surface area contributed by atoms with Crippen LogP contribution in [0.1, 0.15) is 35.2 Å². The van der Waals surface area contributed by atoms with Gasteiger partial charge in [-0.25, -0.2) is 4.98 Å². The van der Waals surface area contributed by atoms with Crippen LogP contribution in [0.5, 0.6) is 0 Å². The topological polar surface area (TPSA) is 102 Å². The van der Waals surface area contributed by atoms with Crippen molar-refractivity contribution >= 4 is 34.1 Å². The number of carbonyl (C=O) groups is 1. The number of nitrogens with one attached hydrogen (secondary N) is 1. The summed E-state index contributed by atoms with van der Waals surface area (Å²) in [5.74, 6) is 0.0979. The molecule has 0 atom stereocenters. The maximum atomic E-state index is 12.8. The number of nitro groups is 1. The number of aromatic nitrogens is 1. The molecule has 5 rings (SSSR count). The van der Waals surface area contributed by atoms with Crippen LogP contribution in [0.3, 0.4) is 0 Å². The highest BCUT2D eigenvalue weighted by Gasteiger charge is 2.23. The third-order valence-corrected chi connectivity index (χ3v) is 6.06. The van der Waals surface area contributed by atoms with Gasteiger partial charge in [-0.3, -0.25) is 14.9 Å². The first-order valence-corrected chi connectivity index (χ1v) is 11.3. The molecule has 4 aromatic rings. The summed E-state index contributed by atoms with van der Waals surface area (Å²) in [4.78, 5) is 30.6. The lowest BCUT2D eigenvalue weighted by Gasteiger charge is -2.28. The summed E-state index contributed by atoms with van der Waals surface area (Å²) in [7, 11) is 0. The van der Waals surface area contributed by atoms with Gasteiger partial charge in [0.05, 0.1) is 4.92 Å². The Balaban J connectivity index is 1.33. The largest absolute Gasteiger partial charge is 0.436 e. The number of benzene rings is 3. The highest BCUT2D eigenvalue weighted by atomic mass is 16.6. The minimum atomic E-state index is -0.419. The van der Waals surface area contributed by atoms with Crippen molar-refractivity contribution in [1.29, 1.82) is 0 Å². The fourth-order valence-electron chi connectivity index (χ4n) is 4.27. The van der Waals surface area contributed by atoms with E-state index in [2.05, 4.69) is 10.3 Å². The van der Waals surface area contributed by atoms with Crippen LogP contribution in [0.15, 0.2) is 65.1 Å². The van der Waals surface area contributed by atoms with Crippen LogP contribution in [-0.2, 0) is 0 Å². The maximum absolute atomic E-state index is 12.8. The summed E-state index contributed by atoms with van der Waals surface area (Å²) < 4.78 is 5.86. The van der Waals surface area contributed by atoms with Crippen molar-refractivity contribution in [2.75, 3.05) is 23.3 Å². The maximum Gasteiger partial charge on any atom is 0.293 e. The van der Waals surface area contributed by atoms with Crippen LogP contribution >= 0.6 is 0 Å². The van der Waals surface area contributed by atoms with E-state index < -0.39 is 10.8 Å². The predicted molar refractivity (Wildman–Crippen MR) is 131 cm³/mol. The summed E-state index contributed by atoms with van der Waals surface area (Å²) in [6.45, 7) is 3.58. The Kier molecular flexibility index (Phi) is 5.71. The van der Waals surface area contributed by atoms with Crippen molar-refractivity contribution in [1.82, 2.24) is 4.98 Å². The zero-order chi connectivity index (χ0) is 23.7. The zero-order valence-corrected chi connectivity index (χ0v) is 18.8. The molecule has 1 N–H and O–H groups in total. The van der Waals surface area contributed by atoms with E-state index in [0.717, 1.165) is 54.6 Å². The van der Waals surface area contributed by atoms with Crippen molar-refractivity contribution in [3.05, 3.63) is 81.9 Å². The fourth-order valence-corrected chi connectivity index (χ4v) is 4.27. The molecule has 8 nitrogen and oxygen atoms in total. The summed E-state index contributed by atoms with van der Waals surface area (Å²) >= 11 is 0. The first-order chi connectivity index (χ1) is 16.5. The van der Waals surface area contributed by atoms with Gasteiger partial charge in [-0.15, -0.1) is 0 Å². The van der Waals surface area contributed by atoms with Gasteiger partial charge in [-0.2, -0.15) is 0 Å². The SMILES string of the molecule is Cc1ccc2nc(-c3ccc(NC(=O)c4ccc(N5CCCCC5)c([N+](=O)[O-])c4)cc3)oc2c1. The van der Waals surface area contributed by atoms with Crippen LogP contribution < -0.4 is 10.2 Å². The van der Waals surface area contributed by atoms with Crippen LogP contribution in [0.2, 0.25) is 0 Å². The second-order valence-electron chi connectivity index (χ2n) is 8.53. The van der Waals surface area contributed by atoms with E-state index in [1.807, 2.05) is 42.2 Å². The van der Waals surface area contributed by atoms with Crippen molar-refractivity contribution in [2.24, 2.45) is 0 Å².